The Bertz CT molecular complexity index is 147. The first-order valence-electron chi connectivity index (χ1n) is 3.80. The molecule has 0 aromatic rings. The van der Waals surface area contributed by atoms with Gasteiger partial charge in [0, 0.05) is 12.4 Å². The Kier molecular flexibility index (Phi) is 2.60. The number of hydrogen-bond donors (Lipinski definition) is 0. The molecule has 10 heavy (non-hydrogen) atoms. The van der Waals surface area contributed by atoms with Gasteiger partial charge in [-0.1, -0.05) is 13.8 Å². The molecule has 0 bridgehead atoms. The minimum Gasteiger partial charge on any atom is -0.289 e. The zero-order valence-electron chi connectivity index (χ0n) is 6.62. The Labute approximate surface area is 62.1 Å². The van der Waals surface area contributed by atoms with Crippen molar-refractivity contribution in [2.24, 2.45) is 15.9 Å². The highest BCUT2D eigenvalue weighted by Gasteiger charge is 2.08. The van der Waals surface area contributed by atoms with Crippen LogP contribution in [0.2, 0.25) is 0 Å². The summed E-state index contributed by atoms with van der Waals surface area (Å²) in [6.07, 6.45) is 4.74. The van der Waals surface area contributed by atoms with Crippen molar-refractivity contribution >= 4 is 12.4 Å². The van der Waals surface area contributed by atoms with Crippen molar-refractivity contribution in [2.75, 3.05) is 6.54 Å². The summed E-state index contributed by atoms with van der Waals surface area (Å²) in [5.74, 6) is 0.732. The molecule has 1 aliphatic heterocycles. The largest absolute Gasteiger partial charge is 0.289 e. The first-order chi connectivity index (χ1) is 4.79. The third-order valence-corrected chi connectivity index (χ3v) is 1.53. The molecule has 0 aromatic heterocycles. The molecule has 0 aliphatic carbocycles. The molecule has 0 saturated heterocycles. The average Bonchev–Trinajstić information content (AvgIpc) is 1.88. The molecule has 0 saturated carbocycles. The Morgan fingerprint density at radius 1 is 1.50 bits per heavy atom. The Balaban J connectivity index is 2.30. The quantitative estimate of drug-likeness (QED) is 0.553. The van der Waals surface area contributed by atoms with Crippen LogP contribution in [-0.2, 0) is 0 Å². The van der Waals surface area contributed by atoms with Crippen LogP contribution in [0.1, 0.15) is 20.3 Å². The molecule has 1 rings (SSSR count). The van der Waals surface area contributed by atoms with E-state index >= 15 is 0 Å². The predicted octanol–water partition coefficient (Wildman–Crippen LogP) is 1.56. The van der Waals surface area contributed by atoms with Gasteiger partial charge in [-0.15, -0.1) is 0 Å². The number of rotatable bonds is 2. The SMILES string of the molecule is CC(C)CC1CN=CC=N1. The predicted molar refractivity (Wildman–Crippen MR) is 45.1 cm³/mol. The fraction of sp³-hybridized carbons (Fsp3) is 0.750. The van der Waals surface area contributed by atoms with Crippen molar-refractivity contribution < 1.29 is 0 Å². The summed E-state index contributed by atoms with van der Waals surface area (Å²) in [7, 11) is 0. The average molecular weight is 138 g/mol. The van der Waals surface area contributed by atoms with E-state index in [1.807, 2.05) is 0 Å². The topological polar surface area (TPSA) is 24.7 Å². The smallest absolute Gasteiger partial charge is 0.0697 e. The molecule has 1 heterocycles. The van der Waals surface area contributed by atoms with Crippen molar-refractivity contribution in [1.82, 2.24) is 0 Å². The highest BCUT2D eigenvalue weighted by atomic mass is 14.9. The summed E-state index contributed by atoms with van der Waals surface area (Å²) < 4.78 is 0. The van der Waals surface area contributed by atoms with Gasteiger partial charge in [-0.2, -0.15) is 0 Å². The summed E-state index contributed by atoms with van der Waals surface area (Å²) in [5, 5.41) is 0. The molecule has 1 unspecified atom stereocenters. The van der Waals surface area contributed by atoms with E-state index in [0.717, 1.165) is 18.9 Å². The highest BCUT2D eigenvalue weighted by molar-refractivity contribution is 6.16. The van der Waals surface area contributed by atoms with Crippen LogP contribution in [0.3, 0.4) is 0 Å². The monoisotopic (exact) mass is 138 g/mol. The van der Waals surface area contributed by atoms with Gasteiger partial charge in [0.1, 0.15) is 0 Å². The lowest BCUT2D eigenvalue weighted by Crippen LogP contribution is -2.15. The van der Waals surface area contributed by atoms with E-state index in [0.29, 0.717) is 6.04 Å². The third-order valence-electron chi connectivity index (χ3n) is 1.53. The summed E-state index contributed by atoms with van der Waals surface area (Å²) in [6, 6.07) is 0.449. The van der Waals surface area contributed by atoms with E-state index in [4.69, 9.17) is 0 Å². The van der Waals surface area contributed by atoms with Crippen molar-refractivity contribution in [3.8, 4) is 0 Å². The Morgan fingerprint density at radius 2 is 2.30 bits per heavy atom. The Hall–Kier alpha value is -0.660. The Morgan fingerprint density at radius 3 is 2.80 bits per heavy atom. The van der Waals surface area contributed by atoms with Crippen molar-refractivity contribution in [2.45, 2.75) is 26.3 Å². The van der Waals surface area contributed by atoms with Gasteiger partial charge < -0.3 is 0 Å². The van der Waals surface area contributed by atoms with Crippen LogP contribution in [0.5, 0.6) is 0 Å². The van der Waals surface area contributed by atoms with E-state index in [1.54, 1.807) is 12.4 Å². The molecule has 0 spiro atoms. The summed E-state index contributed by atoms with van der Waals surface area (Å²) in [4.78, 5) is 8.43. The summed E-state index contributed by atoms with van der Waals surface area (Å²) in [6.45, 7) is 5.32. The molecular formula is C8H14N2. The molecule has 0 N–H and O–H groups in total. The lowest BCUT2D eigenvalue weighted by atomic mass is 10.0. The zero-order chi connectivity index (χ0) is 7.40. The van der Waals surface area contributed by atoms with E-state index in [-0.39, 0.29) is 0 Å². The fourth-order valence-electron chi connectivity index (χ4n) is 1.12. The molecule has 1 atom stereocenters. The van der Waals surface area contributed by atoms with E-state index in [1.165, 1.54) is 0 Å². The second kappa shape index (κ2) is 3.49. The molecule has 0 radical (unpaired) electrons. The molecule has 2 heteroatoms. The normalized spacial score (nSPS) is 24.1. The first kappa shape index (κ1) is 7.45. The van der Waals surface area contributed by atoms with Gasteiger partial charge in [0.25, 0.3) is 0 Å². The van der Waals surface area contributed by atoms with Gasteiger partial charge in [-0.3, -0.25) is 9.98 Å². The first-order valence-corrected chi connectivity index (χ1v) is 3.80. The molecule has 0 fully saturated rings. The van der Waals surface area contributed by atoms with E-state index < -0.39 is 0 Å². The molecule has 2 nitrogen and oxygen atoms in total. The molecule has 1 aliphatic rings. The van der Waals surface area contributed by atoms with Gasteiger partial charge in [0.05, 0.1) is 12.6 Å². The van der Waals surface area contributed by atoms with E-state index in [2.05, 4.69) is 23.8 Å². The maximum atomic E-state index is 4.30. The van der Waals surface area contributed by atoms with Crippen LogP contribution < -0.4 is 0 Å². The molecule has 0 aromatic carbocycles. The summed E-state index contributed by atoms with van der Waals surface area (Å²) in [5.41, 5.74) is 0. The van der Waals surface area contributed by atoms with Gasteiger partial charge in [-0.25, -0.2) is 0 Å². The standard InChI is InChI=1S/C8H14N2/c1-7(2)5-8-6-9-3-4-10-8/h3-4,7-8H,5-6H2,1-2H3. The molecular weight excluding hydrogens is 124 g/mol. The lowest BCUT2D eigenvalue weighted by Gasteiger charge is -2.13. The van der Waals surface area contributed by atoms with Gasteiger partial charge in [-0.05, 0) is 12.3 Å². The second-order valence-electron chi connectivity index (χ2n) is 3.10. The van der Waals surface area contributed by atoms with Crippen LogP contribution in [0.25, 0.3) is 0 Å². The van der Waals surface area contributed by atoms with Crippen molar-refractivity contribution in [3.63, 3.8) is 0 Å². The third kappa shape index (κ3) is 2.29. The minimum atomic E-state index is 0.449. The zero-order valence-corrected chi connectivity index (χ0v) is 6.62. The maximum Gasteiger partial charge on any atom is 0.0697 e. The van der Waals surface area contributed by atoms with Crippen LogP contribution in [-0.4, -0.2) is 25.0 Å². The summed E-state index contributed by atoms with van der Waals surface area (Å²) >= 11 is 0. The van der Waals surface area contributed by atoms with Crippen LogP contribution >= 0.6 is 0 Å². The molecule has 0 amide bonds. The van der Waals surface area contributed by atoms with E-state index in [9.17, 15) is 0 Å². The number of aliphatic imine (C=N–C) groups is 2. The second-order valence-corrected chi connectivity index (χ2v) is 3.10. The molecule has 56 valence electrons. The van der Waals surface area contributed by atoms with Crippen molar-refractivity contribution in [1.29, 1.82) is 0 Å². The van der Waals surface area contributed by atoms with Crippen LogP contribution in [0, 0.1) is 5.92 Å². The van der Waals surface area contributed by atoms with Crippen molar-refractivity contribution in [3.05, 3.63) is 0 Å². The fourth-order valence-corrected chi connectivity index (χ4v) is 1.12. The van der Waals surface area contributed by atoms with Crippen LogP contribution in [0.4, 0.5) is 0 Å². The highest BCUT2D eigenvalue weighted by Crippen LogP contribution is 2.08. The lowest BCUT2D eigenvalue weighted by molar-refractivity contribution is 0.503. The number of nitrogens with zero attached hydrogens (tertiary/aromatic N) is 2. The number of hydrogen-bond acceptors (Lipinski definition) is 2. The van der Waals surface area contributed by atoms with Gasteiger partial charge >= 0.3 is 0 Å². The minimum absolute atomic E-state index is 0.449. The van der Waals surface area contributed by atoms with Gasteiger partial charge in [0.15, 0.2) is 0 Å². The van der Waals surface area contributed by atoms with Crippen LogP contribution in [0.15, 0.2) is 9.98 Å². The van der Waals surface area contributed by atoms with Gasteiger partial charge in [0.2, 0.25) is 0 Å². The maximum absolute atomic E-state index is 4.30.